The van der Waals surface area contributed by atoms with E-state index in [1.165, 1.54) is 58.5 Å². The Kier molecular flexibility index (Phi) is 5.63. The van der Waals surface area contributed by atoms with E-state index in [0.717, 1.165) is 12.3 Å². The van der Waals surface area contributed by atoms with Gasteiger partial charge in [-0.25, -0.2) is 0 Å². The second-order valence-corrected chi connectivity index (χ2v) is 6.66. The lowest BCUT2D eigenvalue weighted by molar-refractivity contribution is 0.119. The van der Waals surface area contributed by atoms with Crippen LogP contribution in [0.1, 0.15) is 32.6 Å². The van der Waals surface area contributed by atoms with Crippen LogP contribution >= 0.6 is 0 Å². The van der Waals surface area contributed by atoms with Crippen LogP contribution in [0.15, 0.2) is 0 Å². The van der Waals surface area contributed by atoms with Gasteiger partial charge in [-0.2, -0.15) is 0 Å². The largest absolute Gasteiger partial charge is 0.394 e. The normalized spacial score (nSPS) is 25.4. The van der Waals surface area contributed by atoms with Crippen LogP contribution in [0, 0.1) is 5.92 Å². The van der Waals surface area contributed by atoms with Gasteiger partial charge in [-0.05, 0) is 52.1 Å². The Labute approximate surface area is 118 Å². The van der Waals surface area contributed by atoms with Crippen LogP contribution in [0.4, 0.5) is 0 Å². The first-order valence-corrected chi connectivity index (χ1v) is 7.90. The summed E-state index contributed by atoms with van der Waals surface area (Å²) in [4.78, 5) is 5.22. The number of likely N-dealkylation sites (N-methyl/N-ethyl adjacent to an activating group) is 1. The van der Waals surface area contributed by atoms with Crippen molar-refractivity contribution in [3.8, 4) is 0 Å². The van der Waals surface area contributed by atoms with Gasteiger partial charge in [0.2, 0.25) is 0 Å². The van der Waals surface area contributed by atoms with E-state index in [1.54, 1.807) is 0 Å². The van der Waals surface area contributed by atoms with Crippen LogP contribution in [-0.4, -0.2) is 73.4 Å². The van der Waals surface area contributed by atoms with Crippen LogP contribution in [0.3, 0.4) is 0 Å². The van der Waals surface area contributed by atoms with Gasteiger partial charge in [0.15, 0.2) is 0 Å². The number of aliphatic hydroxyl groups is 1. The van der Waals surface area contributed by atoms with Gasteiger partial charge >= 0.3 is 0 Å². The number of hydrogen-bond donors (Lipinski definition) is 2. The Morgan fingerprint density at radius 3 is 2.32 bits per heavy atom. The average Bonchev–Trinajstić information content (AvgIpc) is 3.24. The summed E-state index contributed by atoms with van der Waals surface area (Å²) in [6.07, 6.45) is 5.14. The first-order valence-electron chi connectivity index (χ1n) is 7.90. The maximum atomic E-state index is 9.36. The van der Waals surface area contributed by atoms with Crippen LogP contribution in [-0.2, 0) is 0 Å². The van der Waals surface area contributed by atoms with Crippen molar-refractivity contribution in [3.63, 3.8) is 0 Å². The molecule has 2 fully saturated rings. The maximum Gasteiger partial charge on any atom is 0.0610 e. The number of hydrogen-bond acceptors (Lipinski definition) is 4. The van der Waals surface area contributed by atoms with E-state index in [4.69, 9.17) is 0 Å². The molecule has 2 aliphatic rings. The summed E-state index contributed by atoms with van der Waals surface area (Å²) in [6.45, 7) is 9.79. The highest BCUT2D eigenvalue weighted by Gasteiger charge is 2.26. The molecule has 1 atom stereocenters. The standard InChI is InChI=1S/C15H31N3O/c1-15(13-19,16-2)6-3-7-17-8-10-18(11-9-17)12-14-4-5-14/h14,16,19H,3-13H2,1-2H3. The lowest BCUT2D eigenvalue weighted by Gasteiger charge is -2.35. The molecule has 19 heavy (non-hydrogen) atoms. The summed E-state index contributed by atoms with van der Waals surface area (Å²) in [7, 11) is 1.94. The second kappa shape index (κ2) is 7.02. The first kappa shape index (κ1) is 15.2. The zero-order chi connectivity index (χ0) is 13.7. The minimum atomic E-state index is -0.103. The van der Waals surface area contributed by atoms with Gasteiger partial charge in [0.05, 0.1) is 6.61 Å². The highest BCUT2D eigenvalue weighted by molar-refractivity contribution is 4.83. The van der Waals surface area contributed by atoms with Gasteiger partial charge in [-0.15, -0.1) is 0 Å². The minimum absolute atomic E-state index is 0.103. The fourth-order valence-corrected chi connectivity index (χ4v) is 2.84. The van der Waals surface area contributed by atoms with Gasteiger partial charge in [-0.1, -0.05) is 0 Å². The van der Waals surface area contributed by atoms with Crippen molar-refractivity contribution >= 4 is 0 Å². The van der Waals surface area contributed by atoms with Crippen molar-refractivity contribution in [1.29, 1.82) is 0 Å². The third-order valence-electron chi connectivity index (χ3n) is 4.83. The summed E-state index contributed by atoms with van der Waals surface area (Å²) in [6, 6.07) is 0. The van der Waals surface area contributed by atoms with Gasteiger partial charge < -0.3 is 20.2 Å². The molecule has 0 radical (unpaired) electrons. The summed E-state index contributed by atoms with van der Waals surface area (Å²) in [5.41, 5.74) is -0.103. The molecule has 2 rings (SSSR count). The molecule has 2 N–H and O–H groups in total. The van der Waals surface area contributed by atoms with E-state index in [1.807, 2.05) is 7.05 Å². The molecule has 112 valence electrons. The van der Waals surface area contributed by atoms with Crippen LogP contribution in [0.5, 0.6) is 0 Å². The molecule has 1 unspecified atom stereocenters. The monoisotopic (exact) mass is 269 g/mol. The van der Waals surface area contributed by atoms with Gasteiger partial charge in [0.25, 0.3) is 0 Å². The average molecular weight is 269 g/mol. The second-order valence-electron chi connectivity index (χ2n) is 6.66. The summed E-state index contributed by atoms with van der Waals surface area (Å²) < 4.78 is 0. The van der Waals surface area contributed by atoms with E-state index in [2.05, 4.69) is 22.0 Å². The Morgan fingerprint density at radius 2 is 1.79 bits per heavy atom. The molecule has 0 spiro atoms. The van der Waals surface area contributed by atoms with E-state index >= 15 is 0 Å². The molecular weight excluding hydrogens is 238 g/mol. The molecule has 0 amide bonds. The Morgan fingerprint density at radius 1 is 1.16 bits per heavy atom. The molecule has 1 saturated carbocycles. The van der Waals surface area contributed by atoms with Crippen LogP contribution < -0.4 is 5.32 Å². The molecule has 0 aromatic heterocycles. The number of aliphatic hydroxyl groups excluding tert-OH is 1. The van der Waals surface area contributed by atoms with E-state index in [0.29, 0.717) is 0 Å². The Balaban J connectivity index is 1.57. The fourth-order valence-electron chi connectivity index (χ4n) is 2.84. The molecule has 4 heteroatoms. The van der Waals surface area contributed by atoms with Crippen LogP contribution in [0.25, 0.3) is 0 Å². The SMILES string of the molecule is CNC(C)(CO)CCCN1CCN(CC2CC2)CC1. The van der Waals surface area contributed by atoms with Gasteiger partial charge in [-0.3, -0.25) is 0 Å². The lowest BCUT2D eigenvalue weighted by atomic mass is 9.97. The molecule has 1 heterocycles. The zero-order valence-corrected chi connectivity index (χ0v) is 12.7. The Bertz CT molecular complexity index is 256. The van der Waals surface area contributed by atoms with Crippen molar-refractivity contribution in [1.82, 2.24) is 15.1 Å². The maximum absolute atomic E-state index is 9.36. The van der Waals surface area contributed by atoms with E-state index in [9.17, 15) is 5.11 Å². The van der Waals surface area contributed by atoms with Gasteiger partial charge in [0.1, 0.15) is 0 Å². The topological polar surface area (TPSA) is 38.7 Å². The molecule has 1 saturated heterocycles. The zero-order valence-electron chi connectivity index (χ0n) is 12.7. The van der Waals surface area contributed by atoms with Crippen molar-refractivity contribution < 1.29 is 5.11 Å². The molecule has 4 nitrogen and oxygen atoms in total. The quantitative estimate of drug-likeness (QED) is 0.682. The minimum Gasteiger partial charge on any atom is -0.394 e. The molecule has 1 aliphatic carbocycles. The van der Waals surface area contributed by atoms with Crippen LogP contribution in [0.2, 0.25) is 0 Å². The number of rotatable bonds is 8. The summed E-state index contributed by atoms with van der Waals surface area (Å²) >= 11 is 0. The molecule has 1 aliphatic heterocycles. The predicted molar refractivity (Wildman–Crippen MR) is 79.4 cm³/mol. The number of nitrogens with one attached hydrogen (secondary N) is 1. The van der Waals surface area contributed by atoms with Crippen molar-refractivity contribution in [3.05, 3.63) is 0 Å². The van der Waals surface area contributed by atoms with Crippen molar-refractivity contribution in [2.75, 3.05) is 52.9 Å². The molecule has 0 aromatic carbocycles. The number of nitrogens with zero attached hydrogens (tertiary/aromatic N) is 2. The third-order valence-corrected chi connectivity index (χ3v) is 4.83. The lowest BCUT2D eigenvalue weighted by Crippen LogP contribution is -2.48. The molecule has 0 aromatic rings. The summed E-state index contributed by atoms with van der Waals surface area (Å²) in [5.74, 6) is 1.02. The first-order chi connectivity index (χ1) is 9.15. The highest BCUT2D eigenvalue weighted by atomic mass is 16.3. The van der Waals surface area contributed by atoms with Crippen molar-refractivity contribution in [2.24, 2.45) is 5.92 Å². The smallest absolute Gasteiger partial charge is 0.0610 e. The fraction of sp³-hybridized carbons (Fsp3) is 1.00. The molecule has 0 bridgehead atoms. The Hall–Kier alpha value is -0.160. The van der Waals surface area contributed by atoms with Gasteiger partial charge in [0, 0.05) is 38.3 Å². The number of piperazine rings is 1. The third kappa shape index (κ3) is 5.03. The van der Waals surface area contributed by atoms with E-state index < -0.39 is 0 Å². The highest BCUT2D eigenvalue weighted by Crippen LogP contribution is 2.29. The predicted octanol–water partition coefficient (Wildman–Crippen LogP) is 0.765. The summed E-state index contributed by atoms with van der Waals surface area (Å²) in [5, 5.41) is 12.6. The van der Waals surface area contributed by atoms with E-state index in [-0.39, 0.29) is 12.1 Å². The molecular formula is C15H31N3O. The van der Waals surface area contributed by atoms with Crippen molar-refractivity contribution in [2.45, 2.75) is 38.1 Å².